The number of rotatable bonds is 0. The van der Waals surface area contributed by atoms with Gasteiger partial charge < -0.3 is 0 Å². The molecule has 0 bridgehead atoms. The van der Waals surface area contributed by atoms with Gasteiger partial charge in [-0.1, -0.05) is 6.07 Å². The van der Waals surface area contributed by atoms with Crippen LogP contribution in [0.25, 0.3) is 5.65 Å². The summed E-state index contributed by atoms with van der Waals surface area (Å²) in [5.74, 6) is 0. The Morgan fingerprint density at radius 3 is 2.47 bits per heavy atom. The van der Waals surface area contributed by atoms with E-state index in [4.69, 9.17) is 0 Å². The van der Waals surface area contributed by atoms with Gasteiger partial charge in [0.2, 0.25) is 0 Å². The number of hydrogen-bond acceptors (Lipinski definition) is 2. The van der Waals surface area contributed by atoms with Crippen LogP contribution in [0.15, 0.2) is 23.1 Å². The number of fused-ring (bicyclic) bond motifs is 1. The summed E-state index contributed by atoms with van der Waals surface area (Å²) in [6, 6.07) is 3.21. The highest BCUT2D eigenvalue weighted by Gasteiger charge is 2.37. The van der Waals surface area contributed by atoms with Gasteiger partial charge in [0.05, 0.1) is 5.69 Å². The van der Waals surface area contributed by atoms with Gasteiger partial charge in [-0.05, 0) is 25.5 Å². The molecule has 0 amide bonds. The summed E-state index contributed by atoms with van der Waals surface area (Å²) in [7, 11) is 0. The summed E-state index contributed by atoms with van der Waals surface area (Å²) in [5.41, 5.74) is -1.68. The number of aryl methyl sites for hydroxylation is 2. The lowest BCUT2D eigenvalue weighted by molar-refractivity contribution is -0.139. The van der Waals surface area contributed by atoms with E-state index in [0.717, 1.165) is 4.40 Å². The fourth-order valence-electron chi connectivity index (χ4n) is 1.68. The number of halogens is 3. The molecular weight excluding hydrogens is 233 g/mol. The summed E-state index contributed by atoms with van der Waals surface area (Å²) >= 11 is 0. The van der Waals surface area contributed by atoms with Gasteiger partial charge in [0.15, 0.2) is 0 Å². The van der Waals surface area contributed by atoms with Gasteiger partial charge in [-0.15, -0.1) is 0 Å². The van der Waals surface area contributed by atoms with Crippen molar-refractivity contribution in [2.75, 3.05) is 0 Å². The Balaban J connectivity index is 2.93. The van der Waals surface area contributed by atoms with Gasteiger partial charge in [0, 0.05) is 6.20 Å². The first kappa shape index (κ1) is 11.6. The molecule has 0 fully saturated rings. The molecule has 2 heterocycles. The van der Waals surface area contributed by atoms with Crippen LogP contribution in [0.5, 0.6) is 0 Å². The molecule has 2 aromatic heterocycles. The van der Waals surface area contributed by atoms with E-state index in [2.05, 4.69) is 4.98 Å². The van der Waals surface area contributed by atoms with Crippen molar-refractivity contribution in [1.82, 2.24) is 9.38 Å². The molecule has 3 nitrogen and oxygen atoms in total. The maximum absolute atomic E-state index is 12.7. The van der Waals surface area contributed by atoms with Crippen molar-refractivity contribution in [3.63, 3.8) is 0 Å². The molecule has 0 aromatic carbocycles. The van der Waals surface area contributed by atoms with Gasteiger partial charge in [0.25, 0.3) is 5.56 Å². The van der Waals surface area contributed by atoms with Crippen LogP contribution in [0.4, 0.5) is 13.2 Å². The molecule has 2 rings (SSSR count). The van der Waals surface area contributed by atoms with Crippen LogP contribution in [0.2, 0.25) is 0 Å². The van der Waals surface area contributed by atoms with Crippen LogP contribution < -0.4 is 5.56 Å². The van der Waals surface area contributed by atoms with E-state index in [0.29, 0.717) is 5.56 Å². The van der Waals surface area contributed by atoms with Gasteiger partial charge in [-0.2, -0.15) is 13.2 Å². The van der Waals surface area contributed by atoms with Crippen molar-refractivity contribution >= 4 is 5.65 Å². The fraction of sp³-hybridized carbons (Fsp3) is 0.273. The molecule has 0 saturated carbocycles. The fourth-order valence-corrected chi connectivity index (χ4v) is 1.68. The number of nitrogens with zero attached hydrogens (tertiary/aromatic N) is 2. The Bertz CT molecular complexity index is 643. The summed E-state index contributed by atoms with van der Waals surface area (Å²) in [6.07, 6.45) is -3.33. The van der Waals surface area contributed by atoms with E-state index in [1.165, 1.54) is 19.2 Å². The zero-order chi connectivity index (χ0) is 12.8. The molecule has 0 atom stereocenters. The molecule has 0 spiro atoms. The maximum atomic E-state index is 12.7. The first-order valence-electron chi connectivity index (χ1n) is 4.87. The molecule has 0 aliphatic carbocycles. The SMILES string of the molecule is Cc1ccc2nc(C)c(C(F)(F)F)c(=O)n2c1. The molecule has 0 aliphatic rings. The van der Waals surface area contributed by atoms with Crippen molar-refractivity contribution in [1.29, 1.82) is 0 Å². The van der Waals surface area contributed by atoms with Crippen molar-refractivity contribution in [2.45, 2.75) is 20.0 Å². The topological polar surface area (TPSA) is 34.4 Å². The smallest absolute Gasteiger partial charge is 0.268 e. The Kier molecular flexibility index (Phi) is 2.45. The third-order valence-corrected chi connectivity index (χ3v) is 2.44. The molecule has 0 aliphatic heterocycles. The molecule has 6 heteroatoms. The Morgan fingerprint density at radius 1 is 1.24 bits per heavy atom. The number of pyridine rings is 1. The summed E-state index contributed by atoms with van der Waals surface area (Å²) in [4.78, 5) is 15.5. The minimum atomic E-state index is -4.68. The second-order valence-corrected chi connectivity index (χ2v) is 3.81. The summed E-state index contributed by atoms with van der Waals surface area (Å²) in [6.45, 7) is 2.88. The van der Waals surface area contributed by atoms with E-state index in [1.54, 1.807) is 13.0 Å². The van der Waals surface area contributed by atoms with Crippen molar-refractivity contribution < 1.29 is 13.2 Å². The van der Waals surface area contributed by atoms with Crippen LogP contribution in [-0.2, 0) is 6.18 Å². The lowest BCUT2D eigenvalue weighted by Crippen LogP contribution is -2.27. The lowest BCUT2D eigenvalue weighted by atomic mass is 10.2. The average Bonchev–Trinajstić information content (AvgIpc) is 2.17. The van der Waals surface area contributed by atoms with E-state index >= 15 is 0 Å². The second-order valence-electron chi connectivity index (χ2n) is 3.81. The highest BCUT2D eigenvalue weighted by molar-refractivity contribution is 5.42. The van der Waals surface area contributed by atoms with Crippen LogP contribution in [0.1, 0.15) is 16.8 Å². The number of aromatic nitrogens is 2. The van der Waals surface area contributed by atoms with Crippen LogP contribution in [-0.4, -0.2) is 9.38 Å². The number of hydrogen-bond donors (Lipinski definition) is 0. The quantitative estimate of drug-likeness (QED) is 0.710. The molecule has 0 saturated heterocycles. The molecular formula is C11H9F3N2O. The molecule has 90 valence electrons. The standard InChI is InChI=1S/C11H9F3N2O/c1-6-3-4-8-15-7(2)9(11(12,13)14)10(17)16(8)5-6/h3-5H,1-2H3. The van der Waals surface area contributed by atoms with E-state index < -0.39 is 17.3 Å². The summed E-state index contributed by atoms with van der Waals surface area (Å²) < 4.78 is 39.0. The average molecular weight is 242 g/mol. The lowest BCUT2D eigenvalue weighted by Gasteiger charge is -2.10. The maximum Gasteiger partial charge on any atom is 0.423 e. The zero-order valence-corrected chi connectivity index (χ0v) is 9.17. The van der Waals surface area contributed by atoms with E-state index in [1.807, 2.05) is 0 Å². The second kappa shape index (κ2) is 3.58. The van der Waals surface area contributed by atoms with Gasteiger partial charge >= 0.3 is 6.18 Å². The Morgan fingerprint density at radius 2 is 1.88 bits per heavy atom. The Hall–Kier alpha value is -1.85. The van der Waals surface area contributed by atoms with Gasteiger partial charge in [0.1, 0.15) is 11.2 Å². The first-order valence-corrected chi connectivity index (χ1v) is 4.87. The third kappa shape index (κ3) is 1.90. The zero-order valence-electron chi connectivity index (χ0n) is 9.17. The van der Waals surface area contributed by atoms with Gasteiger partial charge in [-0.25, -0.2) is 4.98 Å². The molecule has 0 unspecified atom stereocenters. The molecule has 0 radical (unpaired) electrons. The summed E-state index contributed by atoms with van der Waals surface area (Å²) in [5, 5.41) is 0. The predicted molar refractivity (Wildman–Crippen MR) is 55.9 cm³/mol. The molecule has 17 heavy (non-hydrogen) atoms. The van der Waals surface area contributed by atoms with E-state index in [9.17, 15) is 18.0 Å². The largest absolute Gasteiger partial charge is 0.423 e. The normalized spacial score (nSPS) is 12.1. The Labute approximate surface area is 94.5 Å². The van der Waals surface area contributed by atoms with Gasteiger partial charge in [-0.3, -0.25) is 9.20 Å². The van der Waals surface area contributed by atoms with Crippen LogP contribution in [0.3, 0.4) is 0 Å². The monoisotopic (exact) mass is 242 g/mol. The minimum absolute atomic E-state index is 0.214. The van der Waals surface area contributed by atoms with Crippen LogP contribution in [0, 0.1) is 13.8 Å². The third-order valence-electron chi connectivity index (χ3n) is 2.44. The highest BCUT2D eigenvalue weighted by atomic mass is 19.4. The molecule has 2 aromatic rings. The van der Waals surface area contributed by atoms with Crippen molar-refractivity contribution in [3.8, 4) is 0 Å². The van der Waals surface area contributed by atoms with Crippen molar-refractivity contribution in [3.05, 3.63) is 45.5 Å². The molecule has 0 N–H and O–H groups in total. The van der Waals surface area contributed by atoms with E-state index in [-0.39, 0.29) is 11.3 Å². The first-order chi connectivity index (χ1) is 7.80. The van der Waals surface area contributed by atoms with Crippen molar-refractivity contribution in [2.24, 2.45) is 0 Å². The highest BCUT2D eigenvalue weighted by Crippen LogP contribution is 2.28. The predicted octanol–water partition coefficient (Wildman–Crippen LogP) is 2.33. The minimum Gasteiger partial charge on any atom is -0.268 e. The number of alkyl halides is 3. The van der Waals surface area contributed by atoms with Crippen LogP contribution >= 0.6 is 0 Å².